The number of allylic oxidation sites excluding steroid dienone is 13. The van der Waals surface area contributed by atoms with Crippen molar-refractivity contribution in [3.05, 3.63) is 85.1 Å². The van der Waals surface area contributed by atoms with E-state index in [-0.39, 0.29) is 25.6 Å². The van der Waals surface area contributed by atoms with Crippen LogP contribution in [0.25, 0.3) is 0 Å². The van der Waals surface area contributed by atoms with Gasteiger partial charge >= 0.3 is 5.97 Å². The Balaban J connectivity index is 3.57. The lowest BCUT2D eigenvalue weighted by atomic mass is 10.1. The summed E-state index contributed by atoms with van der Waals surface area (Å²) < 4.78 is 11.0. The molecule has 47 heavy (non-hydrogen) atoms. The maximum Gasteiger partial charge on any atom is 0.310 e. The van der Waals surface area contributed by atoms with E-state index < -0.39 is 6.10 Å². The zero-order chi connectivity index (χ0) is 34.1. The van der Waals surface area contributed by atoms with E-state index in [0.717, 1.165) is 51.4 Å². The second kappa shape index (κ2) is 39.7. The maximum absolute atomic E-state index is 12.1. The number of hydrogen-bond donors (Lipinski definition) is 1. The fourth-order valence-corrected chi connectivity index (χ4v) is 4.90. The highest BCUT2D eigenvalue weighted by atomic mass is 16.6. The molecule has 0 saturated heterocycles. The molecule has 0 aromatic heterocycles. The van der Waals surface area contributed by atoms with E-state index in [4.69, 9.17) is 9.47 Å². The van der Waals surface area contributed by atoms with Crippen molar-refractivity contribution in [3.8, 4) is 0 Å². The Labute approximate surface area is 290 Å². The summed E-state index contributed by atoms with van der Waals surface area (Å²) in [5.74, 6) is -0.331. The first-order valence-electron chi connectivity index (χ1n) is 19.2. The largest absolute Gasteiger partial charge is 0.457 e. The lowest BCUT2D eigenvalue weighted by molar-refractivity contribution is -0.153. The lowest BCUT2D eigenvalue weighted by Gasteiger charge is -2.15. The van der Waals surface area contributed by atoms with Crippen LogP contribution in [0.3, 0.4) is 0 Å². The average molecular weight is 653 g/mol. The summed E-state index contributed by atoms with van der Waals surface area (Å²) in [6, 6.07) is 0. The summed E-state index contributed by atoms with van der Waals surface area (Å²) in [5.41, 5.74) is 0. The van der Waals surface area contributed by atoms with Gasteiger partial charge in [-0.15, -0.1) is 0 Å². The normalized spacial score (nSPS) is 13.3. The van der Waals surface area contributed by atoms with Gasteiger partial charge in [0.1, 0.15) is 6.10 Å². The minimum Gasteiger partial charge on any atom is -0.457 e. The summed E-state index contributed by atoms with van der Waals surface area (Å²) in [7, 11) is 0. The SMILES string of the molecule is CC/C=C\C/C=C\C/C=C\C/C=C\C/C=C\CC(=O)OC(CO)COCCCCCCCCCCCC/C=C\C/C=C\CCCCC. The number of hydrogen-bond acceptors (Lipinski definition) is 4. The minimum atomic E-state index is -0.594. The molecule has 0 bridgehead atoms. The van der Waals surface area contributed by atoms with Gasteiger partial charge in [-0.3, -0.25) is 4.79 Å². The van der Waals surface area contributed by atoms with Crippen LogP contribution in [-0.2, 0) is 14.3 Å². The van der Waals surface area contributed by atoms with E-state index >= 15 is 0 Å². The molecule has 0 aromatic rings. The Bertz CT molecular complexity index is 861. The monoisotopic (exact) mass is 653 g/mol. The first kappa shape index (κ1) is 44.6. The van der Waals surface area contributed by atoms with Gasteiger partial charge in [-0.25, -0.2) is 0 Å². The van der Waals surface area contributed by atoms with Gasteiger partial charge in [0, 0.05) is 6.61 Å². The third-order valence-corrected chi connectivity index (χ3v) is 7.74. The van der Waals surface area contributed by atoms with Gasteiger partial charge in [0.2, 0.25) is 0 Å². The summed E-state index contributed by atoms with van der Waals surface area (Å²) >= 11 is 0. The number of unbranched alkanes of at least 4 members (excludes halogenated alkanes) is 13. The molecule has 0 aliphatic heterocycles. The molecule has 0 rings (SSSR count). The number of carbonyl (C=O) groups is 1. The van der Waals surface area contributed by atoms with Crippen molar-refractivity contribution >= 4 is 5.97 Å². The summed E-state index contributed by atoms with van der Waals surface area (Å²) in [6.45, 7) is 5.08. The Morgan fingerprint density at radius 3 is 1.45 bits per heavy atom. The van der Waals surface area contributed by atoms with Crippen LogP contribution >= 0.6 is 0 Å². The van der Waals surface area contributed by atoms with E-state index in [1.54, 1.807) is 0 Å². The molecular weight excluding hydrogens is 580 g/mol. The third kappa shape index (κ3) is 37.9. The van der Waals surface area contributed by atoms with E-state index in [9.17, 15) is 9.90 Å². The molecule has 0 aliphatic carbocycles. The summed E-state index contributed by atoms with van der Waals surface area (Å²) in [6.07, 6.45) is 55.1. The number of ether oxygens (including phenoxy) is 2. The third-order valence-electron chi connectivity index (χ3n) is 7.74. The Morgan fingerprint density at radius 2 is 0.957 bits per heavy atom. The van der Waals surface area contributed by atoms with E-state index in [1.165, 1.54) is 83.5 Å². The Hall–Kier alpha value is -2.43. The predicted molar refractivity (Wildman–Crippen MR) is 205 cm³/mol. The topological polar surface area (TPSA) is 55.8 Å². The maximum atomic E-state index is 12.1. The Kier molecular flexibility index (Phi) is 37.7. The molecule has 0 heterocycles. The van der Waals surface area contributed by atoms with Gasteiger partial charge in [-0.05, 0) is 70.6 Å². The van der Waals surface area contributed by atoms with Crippen LogP contribution < -0.4 is 0 Å². The van der Waals surface area contributed by atoms with Crippen LogP contribution in [0.2, 0.25) is 0 Å². The molecule has 0 spiro atoms. The second-order valence-electron chi connectivity index (χ2n) is 12.3. The zero-order valence-electron chi connectivity index (χ0n) is 30.5. The van der Waals surface area contributed by atoms with Gasteiger partial charge < -0.3 is 14.6 Å². The van der Waals surface area contributed by atoms with Gasteiger partial charge in [0.05, 0.1) is 19.6 Å². The van der Waals surface area contributed by atoms with Crippen LogP contribution in [0, 0.1) is 0 Å². The molecular formula is C43H72O4. The molecule has 0 aromatic carbocycles. The number of aliphatic hydroxyl groups is 1. The predicted octanol–water partition coefficient (Wildman–Crippen LogP) is 12.4. The van der Waals surface area contributed by atoms with Crippen molar-refractivity contribution in [2.24, 2.45) is 0 Å². The molecule has 4 heteroatoms. The molecule has 4 nitrogen and oxygen atoms in total. The van der Waals surface area contributed by atoms with Crippen molar-refractivity contribution in [2.75, 3.05) is 19.8 Å². The van der Waals surface area contributed by atoms with Crippen LogP contribution in [0.1, 0.15) is 155 Å². The molecule has 0 fully saturated rings. The quantitative estimate of drug-likeness (QED) is 0.0427. The van der Waals surface area contributed by atoms with E-state index in [0.29, 0.717) is 6.61 Å². The van der Waals surface area contributed by atoms with Gasteiger partial charge in [0.25, 0.3) is 0 Å². The molecule has 1 unspecified atom stereocenters. The molecule has 0 amide bonds. The van der Waals surface area contributed by atoms with Crippen LogP contribution in [0.5, 0.6) is 0 Å². The van der Waals surface area contributed by atoms with Crippen LogP contribution in [-0.4, -0.2) is 37.0 Å². The molecule has 0 saturated carbocycles. The first-order valence-corrected chi connectivity index (χ1v) is 19.2. The molecule has 1 atom stereocenters. The number of rotatable bonds is 34. The average Bonchev–Trinajstić information content (AvgIpc) is 3.08. The number of carbonyl (C=O) groups excluding carboxylic acids is 1. The zero-order valence-corrected chi connectivity index (χ0v) is 30.5. The lowest BCUT2D eigenvalue weighted by Crippen LogP contribution is -2.27. The minimum absolute atomic E-state index is 0.207. The smallest absolute Gasteiger partial charge is 0.310 e. The van der Waals surface area contributed by atoms with Crippen LogP contribution in [0.4, 0.5) is 0 Å². The van der Waals surface area contributed by atoms with Gasteiger partial charge in [-0.2, -0.15) is 0 Å². The fraction of sp³-hybridized carbons (Fsp3) is 0.651. The van der Waals surface area contributed by atoms with Crippen molar-refractivity contribution in [2.45, 2.75) is 161 Å². The highest BCUT2D eigenvalue weighted by Crippen LogP contribution is 2.12. The number of aliphatic hydroxyl groups excluding tert-OH is 1. The highest BCUT2D eigenvalue weighted by molar-refractivity contribution is 5.71. The second-order valence-corrected chi connectivity index (χ2v) is 12.3. The van der Waals surface area contributed by atoms with Crippen molar-refractivity contribution in [1.82, 2.24) is 0 Å². The molecule has 1 N–H and O–H groups in total. The molecule has 268 valence electrons. The van der Waals surface area contributed by atoms with E-state index in [2.05, 4.69) is 86.8 Å². The van der Waals surface area contributed by atoms with Gasteiger partial charge in [-0.1, -0.05) is 163 Å². The first-order chi connectivity index (χ1) is 23.2. The standard InChI is InChI=1S/C43H72O4/c1-3-5-7-9-11-13-15-17-19-20-21-22-23-25-27-29-31-33-35-37-39-46-41-42(40-44)47-43(45)38-36-34-32-30-28-26-24-18-16-14-12-10-8-6-4-2/h6,8,11-14,17-19,24,28,30,34,36,42,44H,3-5,7,9-10,15-16,20-23,25-27,29,31-33,35,37-41H2,1-2H3/b8-6-,13-11-,14-12-,19-17-,24-18-,30-28-,36-34-. The van der Waals surface area contributed by atoms with Crippen LogP contribution in [0.15, 0.2) is 85.1 Å². The van der Waals surface area contributed by atoms with Crippen molar-refractivity contribution in [3.63, 3.8) is 0 Å². The Morgan fingerprint density at radius 1 is 0.532 bits per heavy atom. The van der Waals surface area contributed by atoms with E-state index in [1.807, 2.05) is 12.2 Å². The fourth-order valence-electron chi connectivity index (χ4n) is 4.90. The highest BCUT2D eigenvalue weighted by Gasteiger charge is 2.12. The summed E-state index contributed by atoms with van der Waals surface area (Å²) in [4.78, 5) is 12.1. The summed E-state index contributed by atoms with van der Waals surface area (Å²) in [5, 5.41) is 9.55. The van der Waals surface area contributed by atoms with Crippen molar-refractivity contribution in [1.29, 1.82) is 0 Å². The molecule has 0 aliphatic rings. The molecule has 0 radical (unpaired) electrons. The number of esters is 1. The van der Waals surface area contributed by atoms with Gasteiger partial charge in [0.15, 0.2) is 0 Å². The van der Waals surface area contributed by atoms with Crippen molar-refractivity contribution < 1.29 is 19.4 Å².